The SMILES string of the molecule is C[C@]1(c2ccccc2)COC(=O)N1c1ccn2ncc(-c3ccc(-c4ncnn4COCC[Si](C)(C)C)c(F)c3)c2n1. The minimum atomic E-state index is -1.22. The number of anilines is 1. The Morgan fingerprint density at radius 3 is 2.64 bits per heavy atom. The number of rotatable bonds is 9. The van der Waals surface area contributed by atoms with Gasteiger partial charge in [-0.25, -0.2) is 33.3 Å². The maximum Gasteiger partial charge on any atom is 0.416 e. The van der Waals surface area contributed by atoms with Gasteiger partial charge in [-0.15, -0.1) is 0 Å². The van der Waals surface area contributed by atoms with Crippen molar-refractivity contribution < 1.29 is 18.7 Å². The topological polar surface area (TPSA) is 99.7 Å². The van der Waals surface area contributed by atoms with Gasteiger partial charge in [0.05, 0.1) is 11.8 Å². The van der Waals surface area contributed by atoms with Gasteiger partial charge >= 0.3 is 6.09 Å². The zero-order valence-electron chi connectivity index (χ0n) is 24.0. The first-order valence-corrected chi connectivity index (χ1v) is 17.5. The van der Waals surface area contributed by atoms with E-state index in [9.17, 15) is 4.79 Å². The number of fused-ring (bicyclic) bond motifs is 1. The molecule has 2 aromatic carbocycles. The van der Waals surface area contributed by atoms with E-state index < -0.39 is 25.5 Å². The van der Waals surface area contributed by atoms with Crippen LogP contribution in [0.5, 0.6) is 0 Å². The van der Waals surface area contributed by atoms with Gasteiger partial charge in [0.2, 0.25) is 0 Å². The Morgan fingerprint density at radius 1 is 1.07 bits per heavy atom. The Kier molecular flexibility index (Phi) is 7.11. The smallest absolute Gasteiger partial charge is 0.416 e. The van der Waals surface area contributed by atoms with Gasteiger partial charge in [-0.3, -0.25) is 0 Å². The highest BCUT2D eigenvalue weighted by atomic mass is 28.3. The first-order valence-electron chi connectivity index (χ1n) is 13.8. The average Bonchev–Trinajstić information content (AvgIpc) is 3.68. The van der Waals surface area contributed by atoms with Crippen LogP contribution in [-0.2, 0) is 21.7 Å². The third kappa shape index (κ3) is 5.18. The highest BCUT2D eigenvalue weighted by molar-refractivity contribution is 6.76. The van der Waals surface area contributed by atoms with Crippen molar-refractivity contribution in [3.8, 4) is 22.5 Å². The van der Waals surface area contributed by atoms with E-state index in [0.717, 1.165) is 11.6 Å². The zero-order chi connectivity index (χ0) is 29.5. The summed E-state index contributed by atoms with van der Waals surface area (Å²) in [5, 5.41) is 8.64. The van der Waals surface area contributed by atoms with E-state index in [1.54, 1.807) is 44.7 Å². The first kappa shape index (κ1) is 27.7. The molecule has 3 aromatic heterocycles. The number of hydrogen-bond donors (Lipinski definition) is 0. The number of cyclic esters (lactones) is 1. The van der Waals surface area contributed by atoms with E-state index in [0.29, 0.717) is 40.6 Å². The molecule has 0 aliphatic carbocycles. The van der Waals surface area contributed by atoms with Crippen LogP contribution in [0.3, 0.4) is 0 Å². The maximum absolute atomic E-state index is 15.6. The van der Waals surface area contributed by atoms with Gasteiger partial charge in [0.15, 0.2) is 11.5 Å². The molecule has 216 valence electrons. The van der Waals surface area contributed by atoms with E-state index in [1.807, 2.05) is 37.3 Å². The van der Waals surface area contributed by atoms with Crippen LogP contribution in [-0.4, -0.2) is 56.7 Å². The Morgan fingerprint density at radius 2 is 1.88 bits per heavy atom. The van der Waals surface area contributed by atoms with Crippen LogP contribution in [0.25, 0.3) is 28.2 Å². The third-order valence-corrected chi connectivity index (χ3v) is 9.18. The molecule has 0 bridgehead atoms. The van der Waals surface area contributed by atoms with Gasteiger partial charge in [0.25, 0.3) is 0 Å². The number of carbonyl (C=O) groups is 1. The number of aromatic nitrogens is 6. The van der Waals surface area contributed by atoms with Gasteiger partial charge in [-0.05, 0) is 42.3 Å². The largest absolute Gasteiger partial charge is 0.446 e. The fourth-order valence-corrected chi connectivity index (χ4v) is 5.79. The summed E-state index contributed by atoms with van der Waals surface area (Å²) < 4.78 is 30.0. The minimum Gasteiger partial charge on any atom is -0.446 e. The van der Waals surface area contributed by atoms with Gasteiger partial charge in [-0.1, -0.05) is 56.0 Å². The van der Waals surface area contributed by atoms with Crippen LogP contribution in [0.15, 0.2) is 73.3 Å². The summed E-state index contributed by atoms with van der Waals surface area (Å²) in [4.78, 5) is 23.6. The highest BCUT2D eigenvalue weighted by Gasteiger charge is 2.46. The monoisotopic (exact) mass is 585 g/mol. The van der Waals surface area contributed by atoms with Crippen molar-refractivity contribution in [3.63, 3.8) is 0 Å². The molecule has 1 aliphatic rings. The standard InChI is InChI=1S/C30H32FN7O3Si/c1-30(22-8-6-5-7-9-22)18-41-29(39)38(30)26-12-13-36-28(35-26)24(17-33-36)21-10-11-23(25(31)16-21)27-32-19-34-37(27)20-40-14-15-42(2,3)4/h5-13,16-17,19H,14-15,18,20H2,1-4H3/t30-/m1/s1. The number of hydrogen-bond acceptors (Lipinski definition) is 7. The Balaban J connectivity index is 1.29. The second-order valence-corrected chi connectivity index (χ2v) is 17.4. The molecule has 1 aliphatic heterocycles. The van der Waals surface area contributed by atoms with Crippen molar-refractivity contribution in [3.05, 3.63) is 84.7 Å². The van der Waals surface area contributed by atoms with Crippen LogP contribution < -0.4 is 4.90 Å². The van der Waals surface area contributed by atoms with E-state index in [2.05, 4.69) is 34.8 Å². The van der Waals surface area contributed by atoms with Crippen LogP contribution in [0.2, 0.25) is 25.7 Å². The molecule has 5 aromatic rings. The summed E-state index contributed by atoms with van der Waals surface area (Å²) in [6.07, 6.45) is 4.28. The summed E-state index contributed by atoms with van der Waals surface area (Å²) in [6, 6.07) is 17.4. The lowest BCUT2D eigenvalue weighted by Crippen LogP contribution is -2.42. The molecule has 0 N–H and O–H groups in total. The van der Waals surface area contributed by atoms with E-state index in [4.69, 9.17) is 14.5 Å². The van der Waals surface area contributed by atoms with Crippen molar-refractivity contribution in [2.75, 3.05) is 18.1 Å². The maximum atomic E-state index is 15.6. The quantitative estimate of drug-likeness (QED) is 0.155. The average molecular weight is 586 g/mol. The third-order valence-electron chi connectivity index (χ3n) is 7.48. The normalized spacial score (nSPS) is 17.3. The lowest BCUT2D eigenvalue weighted by Gasteiger charge is -2.31. The molecule has 0 radical (unpaired) electrons. The fraction of sp³-hybridized carbons (Fsp3) is 0.300. The molecule has 12 heteroatoms. The van der Waals surface area contributed by atoms with Crippen molar-refractivity contribution >= 4 is 25.6 Å². The Hall–Kier alpha value is -4.42. The zero-order valence-corrected chi connectivity index (χ0v) is 25.0. The van der Waals surface area contributed by atoms with Crippen molar-refractivity contribution in [2.24, 2.45) is 0 Å². The van der Waals surface area contributed by atoms with Gasteiger partial charge in [-0.2, -0.15) is 10.2 Å². The molecule has 6 rings (SSSR count). The first-order chi connectivity index (χ1) is 20.1. The predicted octanol–water partition coefficient (Wildman–Crippen LogP) is 5.98. The summed E-state index contributed by atoms with van der Waals surface area (Å²) in [5.74, 6) is 0.344. The lowest BCUT2D eigenvalue weighted by molar-refractivity contribution is 0.0796. The molecule has 1 fully saturated rings. The summed E-state index contributed by atoms with van der Waals surface area (Å²) in [7, 11) is -1.22. The number of ether oxygens (including phenoxy) is 2. The summed E-state index contributed by atoms with van der Waals surface area (Å²) in [6.45, 7) is 9.82. The molecule has 0 saturated carbocycles. The summed E-state index contributed by atoms with van der Waals surface area (Å²) in [5.41, 5.74) is 2.18. The fourth-order valence-electron chi connectivity index (χ4n) is 5.04. The van der Waals surface area contributed by atoms with Crippen LogP contribution in [0, 0.1) is 5.82 Å². The van der Waals surface area contributed by atoms with Crippen molar-refractivity contribution in [1.82, 2.24) is 29.4 Å². The van der Waals surface area contributed by atoms with Crippen molar-refractivity contribution in [2.45, 2.75) is 44.9 Å². The van der Waals surface area contributed by atoms with Gasteiger partial charge in [0, 0.05) is 26.4 Å². The molecule has 4 heterocycles. The number of nitrogens with zero attached hydrogens (tertiary/aromatic N) is 7. The predicted molar refractivity (Wildman–Crippen MR) is 159 cm³/mol. The number of amides is 1. The van der Waals surface area contributed by atoms with E-state index >= 15 is 4.39 Å². The molecule has 10 nitrogen and oxygen atoms in total. The Bertz CT molecular complexity index is 1750. The highest BCUT2D eigenvalue weighted by Crippen LogP contribution is 2.38. The molecule has 1 saturated heterocycles. The van der Waals surface area contributed by atoms with Crippen LogP contribution in [0.4, 0.5) is 15.0 Å². The summed E-state index contributed by atoms with van der Waals surface area (Å²) >= 11 is 0. The number of halogens is 1. The van der Waals surface area contributed by atoms with Gasteiger partial charge < -0.3 is 9.47 Å². The van der Waals surface area contributed by atoms with Crippen LogP contribution in [0.1, 0.15) is 12.5 Å². The minimum absolute atomic E-state index is 0.190. The molecule has 1 atom stereocenters. The second-order valence-electron chi connectivity index (χ2n) is 11.8. The number of benzene rings is 2. The molecular formula is C30H32FN7O3Si. The van der Waals surface area contributed by atoms with Gasteiger partial charge in [0.1, 0.15) is 36.8 Å². The van der Waals surface area contributed by atoms with E-state index in [-0.39, 0.29) is 13.3 Å². The van der Waals surface area contributed by atoms with Crippen molar-refractivity contribution in [1.29, 1.82) is 0 Å². The lowest BCUT2D eigenvalue weighted by atomic mass is 9.92. The van der Waals surface area contributed by atoms with Crippen LogP contribution >= 0.6 is 0 Å². The molecule has 42 heavy (non-hydrogen) atoms. The molecule has 0 unspecified atom stereocenters. The van der Waals surface area contributed by atoms with E-state index in [1.165, 1.54) is 12.4 Å². The molecular weight excluding hydrogens is 553 g/mol. The number of carbonyl (C=O) groups excluding carboxylic acids is 1. The molecule has 1 amide bonds. The second kappa shape index (κ2) is 10.8. The Labute approximate surface area is 243 Å². The molecule has 0 spiro atoms.